The van der Waals surface area contributed by atoms with Crippen LogP contribution in [0.2, 0.25) is 0 Å². The zero-order chi connectivity index (χ0) is 21.8. The van der Waals surface area contributed by atoms with E-state index in [9.17, 15) is 14.4 Å². The number of hydrogen-bond acceptors (Lipinski definition) is 4. The van der Waals surface area contributed by atoms with Crippen LogP contribution in [0.25, 0.3) is 0 Å². The summed E-state index contributed by atoms with van der Waals surface area (Å²) in [6.45, 7) is 2.75. The minimum absolute atomic E-state index is 0.104. The summed E-state index contributed by atoms with van der Waals surface area (Å²) in [4.78, 5) is 36.7. The molecule has 3 amide bonds. The molecule has 7 nitrogen and oxygen atoms in total. The first-order valence-corrected chi connectivity index (χ1v) is 9.67. The molecule has 0 aliphatic carbocycles. The molecule has 156 valence electrons. The molecule has 0 radical (unpaired) electrons. The molecule has 2 aromatic rings. The van der Waals surface area contributed by atoms with Crippen molar-refractivity contribution in [1.29, 1.82) is 0 Å². The van der Waals surface area contributed by atoms with Gasteiger partial charge in [-0.15, -0.1) is 6.42 Å². The van der Waals surface area contributed by atoms with E-state index in [-0.39, 0.29) is 30.7 Å². The van der Waals surface area contributed by atoms with Crippen LogP contribution in [0, 0.1) is 12.3 Å². The minimum atomic E-state index is -0.357. The molecule has 0 spiro atoms. The maximum absolute atomic E-state index is 12.3. The van der Waals surface area contributed by atoms with Gasteiger partial charge in [-0.05, 0) is 37.6 Å². The van der Waals surface area contributed by atoms with Crippen molar-refractivity contribution in [2.45, 2.75) is 19.8 Å². The fourth-order valence-corrected chi connectivity index (χ4v) is 2.71. The first kappa shape index (κ1) is 22.5. The van der Waals surface area contributed by atoms with Crippen LogP contribution >= 0.6 is 0 Å². The molecule has 0 aliphatic heterocycles. The Balaban J connectivity index is 1.83. The van der Waals surface area contributed by atoms with Crippen molar-refractivity contribution in [3.63, 3.8) is 0 Å². The molecule has 0 fully saturated rings. The summed E-state index contributed by atoms with van der Waals surface area (Å²) < 4.78 is 5.46. The first-order valence-electron chi connectivity index (χ1n) is 9.67. The van der Waals surface area contributed by atoms with Gasteiger partial charge in [0, 0.05) is 13.0 Å². The van der Waals surface area contributed by atoms with Gasteiger partial charge >= 0.3 is 0 Å². The maximum atomic E-state index is 12.3. The molecule has 0 aliphatic rings. The highest BCUT2D eigenvalue weighted by molar-refractivity contribution is 6.03. The number of para-hydroxylation sites is 2. The molecule has 0 heterocycles. The molecule has 0 atom stereocenters. The van der Waals surface area contributed by atoms with Gasteiger partial charge in [-0.2, -0.15) is 0 Å². The normalized spacial score (nSPS) is 9.87. The average molecular weight is 407 g/mol. The Labute approximate surface area is 176 Å². The second-order valence-electron chi connectivity index (χ2n) is 6.27. The third-order valence-corrected chi connectivity index (χ3v) is 4.09. The lowest BCUT2D eigenvalue weighted by molar-refractivity contribution is -0.116. The average Bonchev–Trinajstić information content (AvgIpc) is 2.76. The van der Waals surface area contributed by atoms with E-state index in [1.165, 1.54) is 0 Å². The summed E-state index contributed by atoms with van der Waals surface area (Å²) in [5, 5.41) is 8.09. The second-order valence-corrected chi connectivity index (χ2v) is 6.27. The van der Waals surface area contributed by atoms with Gasteiger partial charge in [0.15, 0.2) is 0 Å². The number of anilines is 1. The monoisotopic (exact) mass is 407 g/mol. The van der Waals surface area contributed by atoms with Crippen molar-refractivity contribution in [1.82, 2.24) is 10.6 Å². The highest BCUT2D eigenvalue weighted by atomic mass is 16.5. The van der Waals surface area contributed by atoms with E-state index in [2.05, 4.69) is 21.9 Å². The number of ether oxygens (including phenoxy) is 1. The molecular weight excluding hydrogens is 382 g/mol. The molecule has 0 saturated carbocycles. The van der Waals surface area contributed by atoms with Gasteiger partial charge in [-0.3, -0.25) is 14.4 Å². The van der Waals surface area contributed by atoms with Crippen molar-refractivity contribution in [2.24, 2.45) is 0 Å². The Bertz CT molecular complexity index is 934. The standard InChI is InChI=1S/C23H25N3O4/c1-3-15-24-22(28)17-10-5-7-12-19(17)26-21(27)14-9-16-25-23(29)18-11-6-8-13-20(18)30-4-2/h1,5-8,10-13H,4,9,14-16H2,2H3,(H,24,28)(H,25,29)(H,26,27). The second kappa shape index (κ2) is 11.9. The molecule has 2 rings (SSSR count). The van der Waals surface area contributed by atoms with Gasteiger partial charge in [-0.1, -0.05) is 30.2 Å². The molecule has 3 N–H and O–H groups in total. The fourth-order valence-electron chi connectivity index (χ4n) is 2.71. The number of amides is 3. The van der Waals surface area contributed by atoms with Crippen LogP contribution in [0.15, 0.2) is 48.5 Å². The molecule has 0 aromatic heterocycles. The Morgan fingerprint density at radius 1 is 0.967 bits per heavy atom. The lowest BCUT2D eigenvalue weighted by Crippen LogP contribution is -2.27. The predicted octanol–water partition coefficient (Wildman–Crippen LogP) is 2.60. The molecule has 0 bridgehead atoms. The van der Waals surface area contributed by atoms with Crippen LogP contribution in [-0.2, 0) is 4.79 Å². The van der Waals surface area contributed by atoms with E-state index in [1.807, 2.05) is 6.92 Å². The van der Waals surface area contributed by atoms with E-state index in [0.717, 1.165) is 0 Å². The number of nitrogens with one attached hydrogen (secondary N) is 3. The topological polar surface area (TPSA) is 96.5 Å². The number of terminal acetylenes is 1. The Hall–Kier alpha value is -3.79. The van der Waals surface area contributed by atoms with Gasteiger partial charge in [0.2, 0.25) is 5.91 Å². The number of carbonyl (C=O) groups is 3. The van der Waals surface area contributed by atoms with Crippen LogP contribution in [0.3, 0.4) is 0 Å². The van der Waals surface area contributed by atoms with Crippen molar-refractivity contribution >= 4 is 23.4 Å². The van der Waals surface area contributed by atoms with Crippen LogP contribution in [0.5, 0.6) is 5.75 Å². The number of benzene rings is 2. The van der Waals surface area contributed by atoms with Crippen LogP contribution in [-0.4, -0.2) is 37.4 Å². The highest BCUT2D eigenvalue weighted by Crippen LogP contribution is 2.18. The summed E-state index contributed by atoms with van der Waals surface area (Å²) >= 11 is 0. The van der Waals surface area contributed by atoms with Crippen molar-refractivity contribution in [3.8, 4) is 18.1 Å². The highest BCUT2D eigenvalue weighted by Gasteiger charge is 2.13. The molecule has 0 unspecified atom stereocenters. The zero-order valence-corrected chi connectivity index (χ0v) is 16.9. The SMILES string of the molecule is C#CCNC(=O)c1ccccc1NC(=O)CCCNC(=O)c1ccccc1OCC. The number of hydrogen-bond donors (Lipinski definition) is 3. The number of rotatable bonds is 10. The Morgan fingerprint density at radius 2 is 1.63 bits per heavy atom. The summed E-state index contributed by atoms with van der Waals surface area (Å²) in [5.41, 5.74) is 1.20. The van der Waals surface area contributed by atoms with Gasteiger partial charge in [0.25, 0.3) is 11.8 Å². The molecule has 30 heavy (non-hydrogen) atoms. The zero-order valence-electron chi connectivity index (χ0n) is 16.9. The van der Waals surface area contributed by atoms with E-state index in [4.69, 9.17) is 11.2 Å². The summed E-state index contributed by atoms with van der Waals surface area (Å²) in [5.74, 6) is 1.99. The van der Waals surface area contributed by atoms with Crippen molar-refractivity contribution in [3.05, 3.63) is 59.7 Å². The van der Waals surface area contributed by atoms with Crippen molar-refractivity contribution < 1.29 is 19.1 Å². The summed E-state index contributed by atoms with van der Waals surface area (Å²) in [7, 11) is 0. The van der Waals surface area contributed by atoms with Crippen molar-refractivity contribution in [2.75, 3.05) is 25.0 Å². The van der Waals surface area contributed by atoms with E-state index in [1.54, 1.807) is 48.5 Å². The third-order valence-electron chi connectivity index (χ3n) is 4.09. The third kappa shape index (κ3) is 6.67. The van der Waals surface area contributed by atoms with E-state index < -0.39 is 0 Å². The summed E-state index contributed by atoms with van der Waals surface area (Å²) in [6, 6.07) is 13.7. The van der Waals surface area contributed by atoms with Gasteiger partial charge in [0.1, 0.15) is 5.75 Å². The minimum Gasteiger partial charge on any atom is -0.493 e. The Kier molecular flexibility index (Phi) is 8.94. The van der Waals surface area contributed by atoms with Crippen LogP contribution < -0.4 is 20.7 Å². The maximum Gasteiger partial charge on any atom is 0.255 e. The lowest BCUT2D eigenvalue weighted by Gasteiger charge is -2.11. The Morgan fingerprint density at radius 3 is 2.37 bits per heavy atom. The quantitative estimate of drug-likeness (QED) is 0.417. The summed E-state index contributed by atoms with van der Waals surface area (Å²) in [6.07, 6.45) is 5.78. The van der Waals surface area contributed by atoms with E-state index >= 15 is 0 Å². The van der Waals surface area contributed by atoms with Crippen LogP contribution in [0.1, 0.15) is 40.5 Å². The predicted molar refractivity (Wildman–Crippen MR) is 115 cm³/mol. The molecule has 0 saturated heterocycles. The van der Waals surface area contributed by atoms with E-state index in [0.29, 0.717) is 42.1 Å². The van der Waals surface area contributed by atoms with Gasteiger partial charge < -0.3 is 20.7 Å². The lowest BCUT2D eigenvalue weighted by atomic mass is 10.1. The van der Waals surface area contributed by atoms with Gasteiger partial charge in [-0.25, -0.2) is 0 Å². The first-order chi connectivity index (χ1) is 14.6. The number of carbonyl (C=O) groups excluding carboxylic acids is 3. The van der Waals surface area contributed by atoms with Gasteiger partial charge in [0.05, 0.1) is 30.0 Å². The molecule has 2 aromatic carbocycles. The molecule has 7 heteroatoms. The largest absolute Gasteiger partial charge is 0.493 e. The smallest absolute Gasteiger partial charge is 0.255 e. The van der Waals surface area contributed by atoms with Crippen LogP contribution in [0.4, 0.5) is 5.69 Å². The molecular formula is C23H25N3O4. The fraction of sp³-hybridized carbons (Fsp3) is 0.261.